The van der Waals surface area contributed by atoms with Gasteiger partial charge in [0.25, 0.3) is 0 Å². The van der Waals surface area contributed by atoms with Gasteiger partial charge < -0.3 is 9.73 Å². The molecule has 0 aliphatic heterocycles. The summed E-state index contributed by atoms with van der Waals surface area (Å²) in [6.45, 7) is 6.23. The van der Waals surface area contributed by atoms with E-state index in [1.807, 2.05) is 31.2 Å². The molecule has 0 amide bonds. The van der Waals surface area contributed by atoms with E-state index in [2.05, 4.69) is 19.2 Å². The van der Waals surface area contributed by atoms with Crippen LogP contribution >= 0.6 is 0 Å². The molecule has 1 N–H and O–H groups in total. The summed E-state index contributed by atoms with van der Waals surface area (Å²) in [4.78, 5) is 0. The summed E-state index contributed by atoms with van der Waals surface area (Å²) in [5.41, 5.74) is 1.12. The van der Waals surface area contributed by atoms with Gasteiger partial charge in [-0.3, -0.25) is 0 Å². The van der Waals surface area contributed by atoms with Gasteiger partial charge in [-0.25, -0.2) is 4.39 Å². The van der Waals surface area contributed by atoms with Crippen molar-refractivity contribution in [3.63, 3.8) is 0 Å². The monoisotopic (exact) mass is 289 g/mol. The molecular formula is C18H24FNO. The second-order valence-electron chi connectivity index (χ2n) is 5.58. The van der Waals surface area contributed by atoms with E-state index in [9.17, 15) is 4.39 Å². The largest absolute Gasteiger partial charge is 0.465 e. The normalized spacial score (nSPS) is 14.1. The first-order chi connectivity index (χ1) is 10.1. The van der Waals surface area contributed by atoms with E-state index in [0.717, 1.165) is 36.3 Å². The number of halogens is 1. The number of benzene rings is 1. The maximum absolute atomic E-state index is 13.1. The van der Waals surface area contributed by atoms with Crippen LogP contribution in [-0.2, 0) is 0 Å². The molecule has 0 saturated carbocycles. The molecule has 2 rings (SSSR count). The number of hydrogen-bond acceptors (Lipinski definition) is 2. The first-order valence-electron chi connectivity index (χ1n) is 7.68. The zero-order chi connectivity index (χ0) is 15.2. The average molecular weight is 289 g/mol. The molecule has 1 aromatic carbocycles. The van der Waals surface area contributed by atoms with Gasteiger partial charge in [-0.1, -0.05) is 31.9 Å². The summed E-state index contributed by atoms with van der Waals surface area (Å²) in [5.74, 6) is 1.67. The maximum Gasteiger partial charge on any atom is 0.123 e. The molecule has 21 heavy (non-hydrogen) atoms. The van der Waals surface area contributed by atoms with Crippen molar-refractivity contribution in [2.24, 2.45) is 0 Å². The molecule has 0 aliphatic carbocycles. The Bertz CT molecular complexity index is 547. The Morgan fingerprint density at radius 3 is 2.43 bits per heavy atom. The van der Waals surface area contributed by atoms with Crippen molar-refractivity contribution in [2.75, 3.05) is 0 Å². The fourth-order valence-corrected chi connectivity index (χ4v) is 2.52. The zero-order valence-corrected chi connectivity index (χ0v) is 13.0. The van der Waals surface area contributed by atoms with E-state index in [4.69, 9.17) is 4.42 Å². The molecule has 3 heteroatoms. The molecule has 0 radical (unpaired) electrons. The van der Waals surface area contributed by atoms with Gasteiger partial charge in [0.15, 0.2) is 0 Å². The Labute approximate surface area is 126 Å². The predicted octanol–water partition coefficient (Wildman–Crippen LogP) is 5.31. The van der Waals surface area contributed by atoms with Crippen LogP contribution in [0.15, 0.2) is 40.8 Å². The van der Waals surface area contributed by atoms with Crippen LogP contribution in [0.25, 0.3) is 0 Å². The van der Waals surface area contributed by atoms with Gasteiger partial charge in [-0.15, -0.1) is 0 Å². The van der Waals surface area contributed by atoms with Gasteiger partial charge in [0, 0.05) is 6.04 Å². The number of rotatable bonds is 7. The van der Waals surface area contributed by atoms with Gasteiger partial charge in [0.1, 0.15) is 17.3 Å². The van der Waals surface area contributed by atoms with Crippen LogP contribution in [0.4, 0.5) is 4.39 Å². The van der Waals surface area contributed by atoms with Gasteiger partial charge in [-0.2, -0.15) is 0 Å². The third-order valence-electron chi connectivity index (χ3n) is 3.76. The van der Waals surface area contributed by atoms with Crippen LogP contribution < -0.4 is 5.32 Å². The second-order valence-corrected chi connectivity index (χ2v) is 5.58. The maximum atomic E-state index is 13.1. The summed E-state index contributed by atoms with van der Waals surface area (Å²) < 4.78 is 18.8. The van der Waals surface area contributed by atoms with Gasteiger partial charge in [0.05, 0.1) is 6.04 Å². The van der Waals surface area contributed by atoms with Crippen molar-refractivity contribution in [1.82, 2.24) is 5.32 Å². The van der Waals surface area contributed by atoms with Crippen molar-refractivity contribution in [1.29, 1.82) is 0 Å². The fraction of sp³-hybridized carbons (Fsp3) is 0.444. The third kappa shape index (κ3) is 4.43. The number of furan rings is 1. The van der Waals surface area contributed by atoms with Crippen LogP contribution in [0, 0.1) is 12.7 Å². The standard InChI is InChI=1S/C18H24FNO/c1-4-5-6-17(15-8-10-16(19)11-9-15)20-14(3)18-12-7-13(2)21-18/h7-12,14,17,20H,4-6H2,1-3H3. The minimum atomic E-state index is -0.192. The Balaban J connectivity index is 2.10. The Morgan fingerprint density at radius 2 is 1.86 bits per heavy atom. The zero-order valence-electron chi connectivity index (χ0n) is 13.0. The van der Waals surface area contributed by atoms with Crippen LogP contribution in [0.2, 0.25) is 0 Å². The molecule has 2 atom stereocenters. The summed E-state index contributed by atoms with van der Waals surface area (Å²) in [5, 5.41) is 3.60. The Morgan fingerprint density at radius 1 is 1.14 bits per heavy atom. The second kappa shape index (κ2) is 7.41. The molecule has 0 bridgehead atoms. The van der Waals surface area contributed by atoms with E-state index < -0.39 is 0 Å². The molecule has 0 saturated heterocycles. The summed E-state index contributed by atoms with van der Waals surface area (Å²) >= 11 is 0. The minimum Gasteiger partial charge on any atom is -0.465 e. The first kappa shape index (κ1) is 15.8. The quantitative estimate of drug-likeness (QED) is 0.747. The van der Waals surface area contributed by atoms with E-state index in [1.165, 1.54) is 12.1 Å². The van der Waals surface area contributed by atoms with Crippen LogP contribution in [-0.4, -0.2) is 0 Å². The topological polar surface area (TPSA) is 25.2 Å². The smallest absolute Gasteiger partial charge is 0.123 e. The molecule has 1 aromatic heterocycles. The number of unbranched alkanes of at least 4 members (excludes halogenated alkanes) is 1. The Hall–Kier alpha value is -1.61. The van der Waals surface area contributed by atoms with E-state index in [1.54, 1.807) is 0 Å². The van der Waals surface area contributed by atoms with Gasteiger partial charge >= 0.3 is 0 Å². The molecule has 114 valence electrons. The van der Waals surface area contributed by atoms with Crippen molar-refractivity contribution >= 4 is 0 Å². The highest BCUT2D eigenvalue weighted by molar-refractivity contribution is 5.20. The highest BCUT2D eigenvalue weighted by atomic mass is 19.1. The molecule has 2 aromatic rings. The summed E-state index contributed by atoms with van der Waals surface area (Å²) in [6, 6.07) is 11.1. The molecule has 2 unspecified atom stereocenters. The summed E-state index contributed by atoms with van der Waals surface area (Å²) in [6.07, 6.45) is 3.32. The predicted molar refractivity (Wildman–Crippen MR) is 83.7 cm³/mol. The average Bonchev–Trinajstić information content (AvgIpc) is 2.91. The molecule has 0 fully saturated rings. The van der Waals surface area contributed by atoms with Crippen LogP contribution in [0.5, 0.6) is 0 Å². The number of nitrogens with one attached hydrogen (secondary N) is 1. The minimum absolute atomic E-state index is 0.130. The summed E-state index contributed by atoms with van der Waals surface area (Å²) in [7, 11) is 0. The fourth-order valence-electron chi connectivity index (χ4n) is 2.52. The molecular weight excluding hydrogens is 265 g/mol. The molecule has 1 heterocycles. The van der Waals surface area contributed by atoms with E-state index >= 15 is 0 Å². The highest BCUT2D eigenvalue weighted by Crippen LogP contribution is 2.25. The lowest BCUT2D eigenvalue weighted by Gasteiger charge is -2.23. The van der Waals surface area contributed by atoms with E-state index in [-0.39, 0.29) is 17.9 Å². The van der Waals surface area contributed by atoms with Crippen molar-refractivity contribution in [2.45, 2.75) is 52.1 Å². The molecule has 2 nitrogen and oxygen atoms in total. The first-order valence-corrected chi connectivity index (χ1v) is 7.68. The third-order valence-corrected chi connectivity index (χ3v) is 3.76. The van der Waals surface area contributed by atoms with Crippen LogP contribution in [0.3, 0.4) is 0 Å². The lowest BCUT2D eigenvalue weighted by atomic mass is 10.00. The molecule has 0 spiro atoms. The number of hydrogen-bond donors (Lipinski definition) is 1. The lowest BCUT2D eigenvalue weighted by Crippen LogP contribution is -2.24. The van der Waals surface area contributed by atoms with Gasteiger partial charge in [0.2, 0.25) is 0 Å². The highest BCUT2D eigenvalue weighted by Gasteiger charge is 2.17. The van der Waals surface area contributed by atoms with Crippen molar-refractivity contribution < 1.29 is 8.81 Å². The van der Waals surface area contributed by atoms with Crippen LogP contribution in [0.1, 0.15) is 62.3 Å². The van der Waals surface area contributed by atoms with Gasteiger partial charge in [-0.05, 0) is 50.1 Å². The van der Waals surface area contributed by atoms with E-state index in [0.29, 0.717) is 0 Å². The van der Waals surface area contributed by atoms with Crippen molar-refractivity contribution in [3.8, 4) is 0 Å². The molecule has 0 aliphatic rings. The van der Waals surface area contributed by atoms with Crippen molar-refractivity contribution in [3.05, 3.63) is 59.3 Å². The number of aryl methyl sites for hydroxylation is 1. The lowest BCUT2D eigenvalue weighted by molar-refractivity contribution is 0.369. The Kier molecular flexibility index (Phi) is 5.57. The SMILES string of the molecule is CCCCC(NC(C)c1ccc(C)o1)c1ccc(F)cc1.